The van der Waals surface area contributed by atoms with Crippen LogP contribution in [0.4, 0.5) is 0 Å². The summed E-state index contributed by atoms with van der Waals surface area (Å²) < 4.78 is 0. The molecular formula is C10H20. The summed E-state index contributed by atoms with van der Waals surface area (Å²) in [4.78, 5) is 0. The van der Waals surface area contributed by atoms with Gasteiger partial charge in [0.1, 0.15) is 0 Å². The van der Waals surface area contributed by atoms with Crippen LogP contribution in [0.25, 0.3) is 0 Å². The molecule has 0 heteroatoms. The largest absolute Gasteiger partial charge is 0.103 e. The van der Waals surface area contributed by atoms with Gasteiger partial charge >= 0.3 is 0 Å². The molecule has 0 bridgehead atoms. The molecule has 0 aliphatic carbocycles. The molecule has 0 atom stereocenters. The van der Waals surface area contributed by atoms with E-state index in [4.69, 9.17) is 0 Å². The zero-order valence-electron chi connectivity index (χ0n) is 7.40. The Morgan fingerprint density at radius 1 is 1.20 bits per heavy atom. The highest BCUT2D eigenvalue weighted by molar-refractivity contribution is 4.72. The molecule has 0 aromatic carbocycles. The number of hydrogen-bond donors (Lipinski definition) is 0. The zero-order valence-corrected chi connectivity index (χ0v) is 7.40. The number of hydrogen-bond acceptors (Lipinski definition) is 0. The van der Waals surface area contributed by atoms with Crippen LogP contribution in [0.2, 0.25) is 0 Å². The fraction of sp³-hybridized carbons (Fsp3) is 0.800. The maximum atomic E-state index is 3.76. The highest BCUT2D eigenvalue weighted by Crippen LogP contribution is 2.17. The summed E-state index contributed by atoms with van der Waals surface area (Å²) in [5, 5.41) is 0. The van der Waals surface area contributed by atoms with Gasteiger partial charge in [0.2, 0.25) is 0 Å². The van der Waals surface area contributed by atoms with E-state index >= 15 is 0 Å². The van der Waals surface area contributed by atoms with E-state index in [1.165, 1.54) is 32.1 Å². The highest BCUT2D eigenvalue weighted by Gasteiger charge is 2.02. The van der Waals surface area contributed by atoms with Gasteiger partial charge in [0.25, 0.3) is 0 Å². The van der Waals surface area contributed by atoms with E-state index in [0.717, 1.165) is 5.92 Å². The first-order chi connectivity index (χ1) is 4.85. The second kappa shape index (κ2) is 6.85. The molecule has 0 aliphatic rings. The molecule has 0 spiro atoms. The molecule has 0 unspecified atom stereocenters. The molecule has 10 heavy (non-hydrogen) atoms. The SMILES string of the molecule is C=CCC(CCC)CCC. The second-order valence-electron chi connectivity index (χ2n) is 2.97. The van der Waals surface area contributed by atoms with E-state index in [2.05, 4.69) is 26.5 Å². The smallest absolute Gasteiger partial charge is 0.0325 e. The average Bonchev–Trinajstić information content (AvgIpc) is 1.90. The Morgan fingerprint density at radius 2 is 1.70 bits per heavy atom. The molecule has 0 aliphatic heterocycles. The van der Waals surface area contributed by atoms with Crippen LogP contribution >= 0.6 is 0 Å². The molecule has 0 aromatic heterocycles. The van der Waals surface area contributed by atoms with Gasteiger partial charge in [-0.15, -0.1) is 6.58 Å². The molecular weight excluding hydrogens is 120 g/mol. The van der Waals surface area contributed by atoms with Crippen molar-refractivity contribution in [3.05, 3.63) is 12.7 Å². The lowest BCUT2D eigenvalue weighted by molar-refractivity contribution is 0.445. The lowest BCUT2D eigenvalue weighted by Gasteiger charge is -2.11. The summed E-state index contributed by atoms with van der Waals surface area (Å²) in [5.41, 5.74) is 0. The minimum atomic E-state index is 0.910. The summed E-state index contributed by atoms with van der Waals surface area (Å²) in [6, 6.07) is 0. The number of rotatable bonds is 6. The van der Waals surface area contributed by atoms with Gasteiger partial charge in [-0.2, -0.15) is 0 Å². The van der Waals surface area contributed by atoms with Crippen molar-refractivity contribution in [2.45, 2.75) is 46.0 Å². The van der Waals surface area contributed by atoms with Crippen molar-refractivity contribution in [3.63, 3.8) is 0 Å². The number of allylic oxidation sites excluding steroid dienone is 1. The Balaban J connectivity index is 3.38. The third kappa shape index (κ3) is 4.60. The Labute approximate surface area is 65.3 Å². The first-order valence-electron chi connectivity index (χ1n) is 4.46. The molecule has 60 valence electrons. The van der Waals surface area contributed by atoms with E-state index in [0.29, 0.717) is 0 Å². The van der Waals surface area contributed by atoms with E-state index in [1.54, 1.807) is 0 Å². The van der Waals surface area contributed by atoms with Gasteiger partial charge < -0.3 is 0 Å². The van der Waals surface area contributed by atoms with Crippen molar-refractivity contribution < 1.29 is 0 Å². The highest BCUT2D eigenvalue weighted by atomic mass is 14.1. The molecule has 0 heterocycles. The van der Waals surface area contributed by atoms with Crippen molar-refractivity contribution >= 4 is 0 Å². The maximum absolute atomic E-state index is 3.76. The Bertz CT molecular complexity index is 68.1. The van der Waals surface area contributed by atoms with Gasteiger partial charge in [-0.3, -0.25) is 0 Å². The van der Waals surface area contributed by atoms with Crippen LogP contribution in [0.5, 0.6) is 0 Å². The molecule has 0 rings (SSSR count). The summed E-state index contributed by atoms with van der Waals surface area (Å²) in [7, 11) is 0. The molecule has 0 amide bonds. The summed E-state index contributed by atoms with van der Waals surface area (Å²) in [6.45, 7) is 8.28. The normalized spacial score (nSPS) is 10.3. The van der Waals surface area contributed by atoms with Crippen LogP contribution in [0.15, 0.2) is 12.7 Å². The van der Waals surface area contributed by atoms with Crippen molar-refractivity contribution in [1.82, 2.24) is 0 Å². The minimum Gasteiger partial charge on any atom is -0.103 e. The van der Waals surface area contributed by atoms with Gasteiger partial charge in [0.05, 0.1) is 0 Å². The molecule has 0 nitrogen and oxygen atoms in total. The third-order valence-corrected chi connectivity index (χ3v) is 1.89. The first-order valence-corrected chi connectivity index (χ1v) is 4.46. The predicted octanol–water partition coefficient (Wildman–Crippen LogP) is 3.78. The van der Waals surface area contributed by atoms with E-state index < -0.39 is 0 Å². The van der Waals surface area contributed by atoms with Crippen LogP contribution < -0.4 is 0 Å². The van der Waals surface area contributed by atoms with Crippen molar-refractivity contribution in [2.75, 3.05) is 0 Å². The Kier molecular flexibility index (Phi) is 6.68. The molecule has 0 aromatic rings. The van der Waals surface area contributed by atoms with Crippen LogP contribution in [0.3, 0.4) is 0 Å². The summed E-state index contributed by atoms with van der Waals surface area (Å²) in [5.74, 6) is 0.910. The van der Waals surface area contributed by atoms with Crippen LogP contribution in [0.1, 0.15) is 46.0 Å². The Morgan fingerprint density at radius 3 is 2.00 bits per heavy atom. The first kappa shape index (κ1) is 9.74. The molecule has 0 saturated heterocycles. The zero-order chi connectivity index (χ0) is 7.82. The van der Waals surface area contributed by atoms with Gasteiger partial charge in [0.15, 0.2) is 0 Å². The van der Waals surface area contributed by atoms with E-state index in [9.17, 15) is 0 Å². The van der Waals surface area contributed by atoms with Gasteiger partial charge in [-0.1, -0.05) is 45.6 Å². The minimum absolute atomic E-state index is 0.910. The monoisotopic (exact) mass is 140 g/mol. The van der Waals surface area contributed by atoms with Crippen LogP contribution in [-0.4, -0.2) is 0 Å². The average molecular weight is 140 g/mol. The lowest BCUT2D eigenvalue weighted by atomic mass is 9.95. The summed E-state index contributed by atoms with van der Waals surface area (Å²) >= 11 is 0. The predicted molar refractivity (Wildman–Crippen MR) is 48.1 cm³/mol. The maximum Gasteiger partial charge on any atom is -0.0325 e. The standard InChI is InChI=1S/C10H20/c1-4-7-10(8-5-2)9-6-3/h4,10H,1,5-9H2,2-3H3. The third-order valence-electron chi connectivity index (χ3n) is 1.89. The van der Waals surface area contributed by atoms with Crippen LogP contribution in [-0.2, 0) is 0 Å². The lowest BCUT2D eigenvalue weighted by Crippen LogP contribution is -1.97. The fourth-order valence-electron chi connectivity index (χ4n) is 1.43. The van der Waals surface area contributed by atoms with Crippen LogP contribution in [0, 0.1) is 5.92 Å². The topological polar surface area (TPSA) is 0 Å². The van der Waals surface area contributed by atoms with Gasteiger partial charge in [-0.25, -0.2) is 0 Å². The van der Waals surface area contributed by atoms with Gasteiger partial charge in [-0.05, 0) is 12.3 Å². The van der Waals surface area contributed by atoms with Crippen molar-refractivity contribution in [2.24, 2.45) is 5.92 Å². The molecule has 0 radical (unpaired) electrons. The van der Waals surface area contributed by atoms with Crippen molar-refractivity contribution in [3.8, 4) is 0 Å². The quantitative estimate of drug-likeness (QED) is 0.492. The Hall–Kier alpha value is -0.260. The fourth-order valence-corrected chi connectivity index (χ4v) is 1.43. The summed E-state index contributed by atoms with van der Waals surface area (Å²) in [6.07, 6.45) is 8.65. The van der Waals surface area contributed by atoms with Gasteiger partial charge in [0, 0.05) is 0 Å². The molecule has 0 N–H and O–H groups in total. The van der Waals surface area contributed by atoms with E-state index in [-0.39, 0.29) is 0 Å². The molecule has 0 saturated carbocycles. The van der Waals surface area contributed by atoms with E-state index in [1.807, 2.05) is 0 Å². The van der Waals surface area contributed by atoms with Crippen molar-refractivity contribution in [1.29, 1.82) is 0 Å². The second-order valence-corrected chi connectivity index (χ2v) is 2.97. The molecule has 0 fully saturated rings.